The highest BCUT2D eigenvalue weighted by molar-refractivity contribution is 6.12. The van der Waals surface area contributed by atoms with Crippen LogP contribution in [0.4, 0.5) is 21.7 Å². The van der Waals surface area contributed by atoms with E-state index in [-0.39, 0.29) is 17.8 Å². The minimum absolute atomic E-state index is 0.120. The highest BCUT2D eigenvalue weighted by Gasteiger charge is 2.33. The summed E-state index contributed by atoms with van der Waals surface area (Å²) in [7, 11) is 0. The van der Waals surface area contributed by atoms with Gasteiger partial charge in [-0.3, -0.25) is 4.99 Å². The number of benzene rings is 2. The molecule has 0 saturated carbocycles. The highest BCUT2D eigenvalue weighted by Crippen LogP contribution is 2.44. The van der Waals surface area contributed by atoms with Crippen molar-refractivity contribution in [3.63, 3.8) is 0 Å². The molecule has 1 atom stereocenters. The molecule has 1 fully saturated rings. The van der Waals surface area contributed by atoms with Gasteiger partial charge in [0.25, 0.3) is 0 Å². The van der Waals surface area contributed by atoms with Gasteiger partial charge in [-0.15, -0.1) is 0 Å². The van der Waals surface area contributed by atoms with Gasteiger partial charge in [0, 0.05) is 48.6 Å². The zero-order valence-corrected chi connectivity index (χ0v) is 19.3. The van der Waals surface area contributed by atoms with Crippen molar-refractivity contribution in [2.45, 2.75) is 25.3 Å². The van der Waals surface area contributed by atoms with Crippen LogP contribution in [-0.2, 0) is 11.2 Å². The fraction of sp³-hybridized carbons (Fsp3) is 0.250. The number of para-hydroxylation sites is 1. The topological polar surface area (TPSA) is 62.6 Å². The molecular weight excluding hydrogens is 441 g/mol. The molecule has 0 spiro atoms. The van der Waals surface area contributed by atoms with Gasteiger partial charge in [0.05, 0.1) is 17.5 Å². The zero-order valence-electron chi connectivity index (χ0n) is 19.3. The van der Waals surface area contributed by atoms with Crippen LogP contribution in [0.1, 0.15) is 18.4 Å². The Hall–Kier alpha value is -3.84. The fourth-order valence-corrected chi connectivity index (χ4v) is 4.95. The number of nitrogens with one attached hydrogen (secondary N) is 1. The second kappa shape index (κ2) is 9.43. The van der Waals surface area contributed by atoms with Crippen molar-refractivity contribution < 1.29 is 9.13 Å². The molecule has 1 N–H and O–H groups in total. The summed E-state index contributed by atoms with van der Waals surface area (Å²) in [6.07, 6.45) is 10.5. The lowest BCUT2D eigenvalue weighted by Crippen LogP contribution is -2.34. The Morgan fingerprint density at radius 2 is 1.74 bits per heavy atom. The van der Waals surface area contributed by atoms with Crippen LogP contribution in [0.2, 0.25) is 0 Å². The third-order valence-electron chi connectivity index (χ3n) is 6.65. The van der Waals surface area contributed by atoms with E-state index in [0.29, 0.717) is 5.95 Å². The number of ether oxygens (including phenoxy) is 1. The zero-order chi connectivity index (χ0) is 23.6. The van der Waals surface area contributed by atoms with Gasteiger partial charge in [-0.1, -0.05) is 18.2 Å². The molecule has 35 heavy (non-hydrogen) atoms. The Labute approximate surface area is 203 Å². The van der Waals surface area contributed by atoms with E-state index in [4.69, 9.17) is 9.73 Å². The first-order valence-corrected chi connectivity index (χ1v) is 12.0. The van der Waals surface area contributed by atoms with Gasteiger partial charge in [0.2, 0.25) is 5.95 Å². The number of hydrogen-bond donors (Lipinski definition) is 1. The van der Waals surface area contributed by atoms with E-state index in [1.165, 1.54) is 17.7 Å². The Morgan fingerprint density at radius 1 is 0.971 bits per heavy atom. The smallest absolute Gasteiger partial charge is 0.227 e. The van der Waals surface area contributed by atoms with E-state index >= 15 is 0 Å². The quantitative estimate of drug-likeness (QED) is 0.554. The van der Waals surface area contributed by atoms with Crippen LogP contribution < -0.4 is 10.2 Å². The number of aliphatic imine (C=N–C) groups is 1. The summed E-state index contributed by atoms with van der Waals surface area (Å²) in [6.45, 7) is 1.45. The van der Waals surface area contributed by atoms with Gasteiger partial charge in [0.15, 0.2) is 0 Å². The predicted molar refractivity (Wildman–Crippen MR) is 135 cm³/mol. The minimum Gasteiger partial charge on any atom is -0.381 e. The first-order chi connectivity index (χ1) is 17.2. The summed E-state index contributed by atoms with van der Waals surface area (Å²) < 4.78 is 19.3. The van der Waals surface area contributed by atoms with E-state index in [1.807, 2.05) is 18.2 Å². The average Bonchev–Trinajstić information content (AvgIpc) is 2.90. The van der Waals surface area contributed by atoms with Gasteiger partial charge in [-0.05, 0) is 73.4 Å². The van der Waals surface area contributed by atoms with Gasteiger partial charge in [-0.2, -0.15) is 0 Å². The van der Waals surface area contributed by atoms with Crippen LogP contribution in [0, 0.1) is 11.7 Å². The summed E-state index contributed by atoms with van der Waals surface area (Å²) in [5.74, 6) is 0.418. The number of halogens is 1. The molecule has 3 aliphatic rings. The standard InChI is InChI=1S/C28H26FN5O/c29-21-6-8-23(9-7-21)34-26-5-2-1-4-19(26)16-20-17-24(33-28-30-12-3-13-31-28)25(18-27(20)34)32-22-10-14-35-15-11-22/h1-9,12-13,17-18,20,22H,10-11,14-16H2,(H,30,31,33). The Morgan fingerprint density at radius 3 is 2.54 bits per heavy atom. The van der Waals surface area contributed by atoms with Crippen molar-refractivity contribution in [3.05, 3.63) is 102 Å². The molecule has 1 aliphatic carbocycles. The number of fused-ring (bicyclic) bond motifs is 2. The van der Waals surface area contributed by atoms with Crippen molar-refractivity contribution in [2.24, 2.45) is 10.9 Å². The number of rotatable bonds is 4. The molecule has 0 radical (unpaired) electrons. The Balaban J connectivity index is 1.46. The Bertz CT molecular complexity index is 1300. The number of allylic oxidation sites excluding steroid dienone is 2. The van der Waals surface area contributed by atoms with Crippen LogP contribution in [0.25, 0.3) is 0 Å². The van der Waals surface area contributed by atoms with Crippen molar-refractivity contribution >= 4 is 23.0 Å². The maximum Gasteiger partial charge on any atom is 0.227 e. The molecular formula is C28H26FN5O. The van der Waals surface area contributed by atoms with Gasteiger partial charge < -0.3 is 15.0 Å². The van der Waals surface area contributed by atoms with Crippen LogP contribution >= 0.6 is 0 Å². The summed E-state index contributed by atoms with van der Waals surface area (Å²) in [5.41, 5.74) is 6.20. The fourth-order valence-electron chi connectivity index (χ4n) is 4.95. The lowest BCUT2D eigenvalue weighted by atomic mass is 9.84. The maximum atomic E-state index is 13.8. The average molecular weight is 468 g/mol. The molecule has 0 amide bonds. The van der Waals surface area contributed by atoms with Crippen molar-refractivity contribution in [2.75, 3.05) is 23.4 Å². The SMILES string of the molecule is Fc1ccc(N2C3=CC(=NC4CCOCC4)C(Nc4ncccn4)=CC3Cc3ccccc32)cc1. The highest BCUT2D eigenvalue weighted by atomic mass is 19.1. The van der Waals surface area contributed by atoms with Gasteiger partial charge in [-0.25, -0.2) is 14.4 Å². The van der Waals surface area contributed by atoms with Crippen LogP contribution in [0.5, 0.6) is 0 Å². The van der Waals surface area contributed by atoms with Crippen LogP contribution in [0.15, 0.2) is 95.5 Å². The number of hydrogen-bond acceptors (Lipinski definition) is 6. The molecule has 6 rings (SSSR count). The van der Waals surface area contributed by atoms with E-state index in [0.717, 1.165) is 61.0 Å². The molecule has 3 aromatic rings. The molecule has 1 unspecified atom stereocenters. The second-order valence-corrected chi connectivity index (χ2v) is 8.96. The van der Waals surface area contributed by atoms with E-state index < -0.39 is 0 Å². The molecule has 7 heteroatoms. The Kier molecular flexibility index (Phi) is 5.84. The second-order valence-electron chi connectivity index (χ2n) is 8.96. The van der Waals surface area contributed by atoms with Gasteiger partial charge in [0.1, 0.15) is 5.82 Å². The van der Waals surface area contributed by atoms with Crippen LogP contribution in [0.3, 0.4) is 0 Å². The molecule has 0 bridgehead atoms. The van der Waals surface area contributed by atoms with Crippen LogP contribution in [-0.4, -0.2) is 34.9 Å². The minimum atomic E-state index is -0.246. The molecule has 2 aliphatic heterocycles. The normalized spacial score (nSPS) is 21.1. The first-order valence-electron chi connectivity index (χ1n) is 12.0. The third-order valence-corrected chi connectivity index (χ3v) is 6.65. The van der Waals surface area contributed by atoms with E-state index in [2.05, 4.69) is 50.5 Å². The molecule has 1 saturated heterocycles. The monoisotopic (exact) mass is 467 g/mol. The molecule has 3 heterocycles. The maximum absolute atomic E-state index is 13.8. The van der Waals surface area contributed by atoms with Crippen molar-refractivity contribution in [1.29, 1.82) is 0 Å². The number of anilines is 3. The first kappa shape index (κ1) is 21.7. The number of nitrogens with zero attached hydrogens (tertiary/aromatic N) is 4. The van der Waals surface area contributed by atoms with E-state index in [1.54, 1.807) is 18.5 Å². The summed E-state index contributed by atoms with van der Waals surface area (Å²) >= 11 is 0. The molecule has 176 valence electrons. The lowest BCUT2D eigenvalue weighted by molar-refractivity contribution is 0.0871. The lowest BCUT2D eigenvalue weighted by Gasteiger charge is -2.40. The molecule has 2 aromatic carbocycles. The largest absolute Gasteiger partial charge is 0.381 e. The van der Waals surface area contributed by atoms with Gasteiger partial charge >= 0.3 is 0 Å². The molecule has 6 nitrogen and oxygen atoms in total. The third kappa shape index (κ3) is 4.47. The van der Waals surface area contributed by atoms with E-state index in [9.17, 15) is 4.39 Å². The van der Waals surface area contributed by atoms with Crippen molar-refractivity contribution in [1.82, 2.24) is 9.97 Å². The predicted octanol–water partition coefficient (Wildman–Crippen LogP) is 5.44. The molecule has 1 aromatic heterocycles. The summed E-state index contributed by atoms with van der Waals surface area (Å²) in [4.78, 5) is 16.1. The van der Waals surface area contributed by atoms with Crippen molar-refractivity contribution in [3.8, 4) is 0 Å². The number of aromatic nitrogens is 2. The summed E-state index contributed by atoms with van der Waals surface area (Å²) in [6, 6.07) is 17.1. The summed E-state index contributed by atoms with van der Waals surface area (Å²) in [5, 5.41) is 3.40.